The molecule has 1 unspecified atom stereocenters. The molecule has 1 aromatic carbocycles. The number of hydrogen-bond donors (Lipinski definition) is 1. The number of nitrogens with two attached hydrogens (primary N) is 1. The van der Waals surface area contributed by atoms with Gasteiger partial charge < -0.3 is 10.3 Å². The highest BCUT2D eigenvalue weighted by Gasteiger charge is 2.06. The first-order valence-electron chi connectivity index (χ1n) is 5.30. The lowest BCUT2D eigenvalue weighted by molar-refractivity contribution is 0.394. The number of nitrogens with zero attached hydrogens (tertiary/aromatic N) is 2. The van der Waals surface area contributed by atoms with Gasteiger partial charge in [-0.3, -0.25) is 0 Å². The van der Waals surface area contributed by atoms with E-state index >= 15 is 0 Å². The summed E-state index contributed by atoms with van der Waals surface area (Å²) in [5.41, 5.74) is 7.92. The smallest absolute Gasteiger partial charge is 0.223 e. The van der Waals surface area contributed by atoms with Gasteiger partial charge in [-0.2, -0.15) is 4.98 Å². The molecule has 4 nitrogen and oxygen atoms in total. The number of benzene rings is 1. The predicted molar refractivity (Wildman–Crippen MR) is 61.8 cm³/mol. The lowest BCUT2D eigenvalue weighted by Crippen LogP contribution is -2.17. The highest BCUT2D eigenvalue weighted by atomic mass is 16.5. The van der Waals surface area contributed by atoms with Crippen LogP contribution in [0.5, 0.6) is 0 Å². The molecule has 0 fully saturated rings. The highest BCUT2D eigenvalue weighted by Crippen LogP contribution is 2.17. The average Bonchev–Trinajstić information content (AvgIpc) is 2.64. The zero-order chi connectivity index (χ0) is 11.5. The Morgan fingerprint density at radius 1 is 1.44 bits per heavy atom. The van der Waals surface area contributed by atoms with Crippen LogP contribution in [0.4, 0.5) is 0 Å². The minimum absolute atomic E-state index is 0.155. The van der Waals surface area contributed by atoms with E-state index in [0.717, 1.165) is 12.0 Å². The van der Waals surface area contributed by atoms with Crippen molar-refractivity contribution in [1.29, 1.82) is 0 Å². The summed E-state index contributed by atoms with van der Waals surface area (Å²) in [5, 5.41) is 3.89. The summed E-state index contributed by atoms with van der Waals surface area (Å²) in [5.74, 6) is 1.21. The first-order chi connectivity index (χ1) is 7.65. The lowest BCUT2D eigenvalue weighted by Gasteiger charge is -2.05. The molecule has 0 saturated heterocycles. The fourth-order valence-corrected chi connectivity index (χ4v) is 1.63. The third kappa shape index (κ3) is 2.46. The maximum atomic E-state index is 5.77. The van der Waals surface area contributed by atoms with E-state index in [0.29, 0.717) is 11.7 Å². The summed E-state index contributed by atoms with van der Waals surface area (Å²) < 4.78 is 4.95. The quantitative estimate of drug-likeness (QED) is 0.853. The number of rotatable bonds is 3. The predicted octanol–water partition coefficient (Wildman–Crippen LogP) is 1.93. The molecule has 0 spiro atoms. The van der Waals surface area contributed by atoms with E-state index in [-0.39, 0.29) is 6.04 Å². The van der Waals surface area contributed by atoms with E-state index < -0.39 is 0 Å². The Hall–Kier alpha value is -1.68. The zero-order valence-electron chi connectivity index (χ0n) is 9.47. The first kappa shape index (κ1) is 10.8. The molecule has 4 heteroatoms. The van der Waals surface area contributed by atoms with Gasteiger partial charge in [0.25, 0.3) is 0 Å². The average molecular weight is 217 g/mol. The van der Waals surface area contributed by atoms with Crippen molar-refractivity contribution in [1.82, 2.24) is 10.1 Å². The maximum Gasteiger partial charge on any atom is 0.223 e. The van der Waals surface area contributed by atoms with E-state index in [9.17, 15) is 0 Å². The van der Waals surface area contributed by atoms with Crippen LogP contribution in [0.3, 0.4) is 0 Å². The topological polar surface area (TPSA) is 64.9 Å². The van der Waals surface area contributed by atoms with Crippen LogP contribution in [0, 0.1) is 6.92 Å². The molecule has 1 atom stereocenters. The summed E-state index contributed by atoms with van der Waals surface area (Å²) in [7, 11) is 0. The standard InChI is InChI=1S/C12H15N3O/c1-8(13)6-10-4-3-5-11(7-10)12-14-9(2)16-15-12/h3-5,7-8H,6,13H2,1-2H3. The second-order valence-corrected chi connectivity index (χ2v) is 4.02. The molecule has 0 bridgehead atoms. The van der Waals surface area contributed by atoms with Crippen molar-refractivity contribution in [2.24, 2.45) is 5.73 Å². The first-order valence-corrected chi connectivity index (χ1v) is 5.30. The Balaban J connectivity index is 2.28. The van der Waals surface area contributed by atoms with Crippen LogP contribution in [0.25, 0.3) is 11.4 Å². The summed E-state index contributed by atoms with van der Waals surface area (Å²) in [4.78, 5) is 4.19. The minimum atomic E-state index is 0.155. The molecular weight excluding hydrogens is 202 g/mol. The van der Waals surface area contributed by atoms with Crippen LogP contribution >= 0.6 is 0 Å². The van der Waals surface area contributed by atoms with E-state index in [2.05, 4.69) is 16.2 Å². The van der Waals surface area contributed by atoms with Gasteiger partial charge in [0.2, 0.25) is 11.7 Å². The van der Waals surface area contributed by atoms with Gasteiger partial charge in [-0.1, -0.05) is 23.4 Å². The maximum absolute atomic E-state index is 5.77. The van der Waals surface area contributed by atoms with Crippen molar-refractivity contribution in [3.05, 3.63) is 35.7 Å². The SMILES string of the molecule is Cc1nc(-c2cccc(CC(C)N)c2)no1. The molecule has 0 aliphatic carbocycles. The van der Waals surface area contributed by atoms with Gasteiger partial charge in [0.05, 0.1) is 0 Å². The highest BCUT2D eigenvalue weighted by molar-refractivity contribution is 5.55. The Kier molecular flexibility index (Phi) is 3.01. The number of hydrogen-bond acceptors (Lipinski definition) is 4. The molecule has 0 saturated carbocycles. The van der Waals surface area contributed by atoms with Gasteiger partial charge in [-0.05, 0) is 25.0 Å². The van der Waals surface area contributed by atoms with Crippen molar-refractivity contribution < 1.29 is 4.52 Å². The monoisotopic (exact) mass is 217 g/mol. The van der Waals surface area contributed by atoms with E-state index in [4.69, 9.17) is 10.3 Å². The fraction of sp³-hybridized carbons (Fsp3) is 0.333. The molecule has 16 heavy (non-hydrogen) atoms. The van der Waals surface area contributed by atoms with Crippen LogP contribution in [-0.4, -0.2) is 16.2 Å². The molecule has 0 amide bonds. The van der Waals surface area contributed by atoms with Crippen molar-refractivity contribution in [2.45, 2.75) is 26.3 Å². The van der Waals surface area contributed by atoms with Crippen molar-refractivity contribution >= 4 is 0 Å². The molecule has 2 aromatic rings. The Bertz CT molecular complexity index is 477. The van der Waals surface area contributed by atoms with Gasteiger partial charge in [-0.15, -0.1) is 0 Å². The second kappa shape index (κ2) is 4.45. The van der Waals surface area contributed by atoms with Gasteiger partial charge in [0.1, 0.15) is 0 Å². The van der Waals surface area contributed by atoms with Gasteiger partial charge in [0, 0.05) is 18.5 Å². The summed E-state index contributed by atoms with van der Waals surface area (Å²) in [6.45, 7) is 3.77. The van der Waals surface area contributed by atoms with Crippen LogP contribution in [0.1, 0.15) is 18.4 Å². The fourth-order valence-electron chi connectivity index (χ4n) is 1.63. The summed E-state index contributed by atoms with van der Waals surface area (Å²) >= 11 is 0. The molecule has 0 aliphatic heterocycles. The number of aromatic nitrogens is 2. The third-order valence-corrected chi connectivity index (χ3v) is 2.27. The summed E-state index contributed by atoms with van der Waals surface area (Å²) in [6.07, 6.45) is 0.852. The van der Waals surface area contributed by atoms with Gasteiger partial charge in [-0.25, -0.2) is 0 Å². The van der Waals surface area contributed by atoms with Crippen molar-refractivity contribution in [3.8, 4) is 11.4 Å². The minimum Gasteiger partial charge on any atom is -0.339 e. The van der Waals surface area contributed by atoms with Crippen LogP contribution in [-0.2, 0) is 6.42 Å². The molecule has 84 valence electrons. The van der Waals surface area contributed by atoms with Crippen molar-refractivity contribution in [2.75, 3.05) is 0 Å². The third-order valence-electron chi connectivity index (χ3n) is 2.27. The van der Waals surface area contributed by atoms with E-state index in [1.54, 1.807) is 6.92 Å². The molecule has 1 heterocycles. The Morgan fingerprint density at radius 3 is 2.88 bits per heavy atom. The van der Waals surface area contributed by atoms with Crippen molar-refractivity contribution in [3.63, 3.8) is 0 Å². The second-order valence-electron chi connectivity index (χ2n) is 4.02. The van der Waals surface area contributed by atoms with Crippen LogP contribution in [0.15, 0.2) is 28.8 Å². The molecule has 2 rings (SSSR count). The molecule has 2 N–H and O–H groups in total. The number of aryl methyl sites for hydroxylation is 1. The molecule has 0 aliphatic rings. The van der Waals surface area contributed by atoms with E-state index in [1.807, 2.05) is 25.1 Å². The van der Waals surface area contributed by atoms with Crippen LogP contribution in [0.2, 0.25) is 0 Å². The summed E-state index contributed by atoms with van der Waals surface area (Å²) in [6, 6.07) is 8.21. The zero-order valence-corrected chi connectivity index (χ0v) is 9.47. The largest absolute Gasteiger partial charge is 0.339 e. The van der Waals surface area contributed by atoms with Crippen LogP contribution < -0.4 is 5.73 Å². The van der Waals surface area contributed by atoms with Gasteiger partial charge in [0.15, 0.2) is 0 Å². The Morgan fingerprint density at radius 2 is 2.25 bits per heavy atom. The Labute approximate surface area is 94.5 Å². The molecule has 0 radical (unpaired) electrons. The molecular formula is C12H15N3O. The normalized spacial score (nSPS) is 12.7. The van der Waals surface area contributed by atoms with E-state index in [1.165, 1.54) is 5.56 Å². The molecule has 1 aromatic heterocycles. The lowest BCUT2D eigenvalue weighted by atomic mass is 10.0. The van der Waals surface area contributed by atoms with Gasteiger partial charge >= 0.3 is 0 Å².